The number of aryl methyl sites for hydroxylation is 1. The lowest BCUT2D eigenvalue weighted by molar-refractivity contribution is 0.0904. The number of Topliss-reactive ketones (excluding diaryl/α,β-unsaturated/α-hetero) is 1. The molecule has 0 unspecified atom stereocenters. The molecule has 0 aromatic heterocycles. The summed E-state index contributed by atoms with van der Waals surface area (Å²) in [4.78, 5) is 11.8. The zero-order valence-corrected chi connectivity index (χ0v) is 11.2. The molecule has 4 nitrogen and oxygen atoms in total. The highest BCUT2D eigenvalue weighted by molar-refractivity contribution is 6.00. The average Bonchev–Trinajstić information content (AvgIpc) is 2.42. The van der Waals surface area contributed by atoms with Crippen LogP contribution in [-0.4, -0.2) is 31.6 Å². The first-order valence-corrected chi connectivity index (χ1v) is 6.89. The standard InChI is InChI=1S/C15H19NO3/c1-10-8-12-14(17)4-7-19-15(12)9-13(10)16-11-2-5-18-6-3-11/h8-9,11,16H,2-7H2,1H3. The van der Waals surface area contributed by atoms with Gasteiger partial charge in [-0.15, -0.1) is 0 Å². The lowest BCUT2D eigenvalue weighted by Crippen LogP contribution is -2.28. The number of fused-ring (bicyclic) bond motifs is 1. The van der Waals surface area contributed by atoms with Crippen molar-refractivity contribution in [1.82, 2.24) is 0 Å². The van der Waals surface area contributed by atoms with Gasteiger partial charge in [-0.2, -0.15) is 0 Å². The summed E-state index contributed by atoms with van der Waals surface area (Å²) in [5.41, 5.74) is 2.89. The van der Waals surface area contributed by atoms with Gasteiger partial charge < -0.3 is 14.8 Å². The molecule has 2 aliphatic heterocycles. The Morgan fingerprint density at radius 2 is 2.00 bits per heavy atom. The molecule has 1 saturated heterocycles. The van der Waals surface area contributed by atoms with E-state index < -0.39 is 0 Å². The normalized spacial score (nSPS) is 19.7. The number of benzene rings is 1. The van der Waals surface area contributed by atoms with E-state index in [0.717, 1.165) is 48.6 Å². The van der Waals surface area contributed by atoms with Gasteiger partial charge in [0.2, 0.25) is 0 Å². The van der Waals surface area contributed by atoms with Crippen LogP contribution in [0.15, 0.2) is 12.1 Å². The van der Waals surface area contributed by atoms with Crippen LogP contribution in [0.25, 0.3) is 0 Å². The zero-order chi connectivity index (χ0) is 13.2. The molecule has 0 spiro atoms. The minimum atomic E-state index is 0.182. The number of carbonyl (C=O) groups is 1. The molecule has 19 heavy (non-hydrogen) atoms. The van der Waals surface area contributed by atoms with Crippen molar-refractivity contribution in [3.05, 3.63) is 23.3 Å². The molecule has 3 rings (SSSR count). The second-order valence-corrected chi connectivity index (χ2v) is 5.22. The smallest absolute Gasteiger partial charge is 0.170 e. The number of ketones is 1. The summed E-state index contributed by atoms with van der Waals surface area (Å²) in [5.74, 6) is 0.901. The number of hydrogen-bond donors (Lipinski definition) is 1. The first-order valence-electron chi connectivity index (χ1n) is 6.89. The lowest BCUT2D eigenvalue weighted by atomic mass is 10.00. The number of nitrogens with one attached hydrogen (secondary N) is 1. The molecule has 1 aromatic rings. The van der Waals surface area contributed by atoms with Gasteiger partial charge >= 0.3 is 0 Å². The van der Waals surface area contributed by atoms with Crippen molar-refractivity contribution in [2.75, 3.05) is 25.1 Å². The van der Waals surface area contributed by atoms with Crippen molar-refractivity contribution >= 4 is 11.5 Å². The van der Waals surface area contributed by atoms with Crippen LogP contribution < -0.4 is 10.1 Å². The van der Waals surface area contributed by atoms with Crippen LogP contribution in [0.1, 0.15) is 35.2 Å². The summed E-state index contributed by atoms with van der Waals surface area (Å²) in [6.45, 7) is 4.16. The molecule has 1 aromatic carbocycles. The van der Waals surface area contributed by atoms with Crippen molar-refractivity contribution in [3.63, 3.8) is 0 Å². The summed E-state index contributed by atoms with van der Waals surface area (Å²) in [5, 5.41) is 3.54. The Morgan fingerprint density at radius 3 is 2.79 bits per heavy atom. The van der Waals surface area contributed by atoms with Crippen LogP contribution in [0.2, 0.25) is 0 Å². The summed E-state index contributed by atoms with van der Waals surface area (Å²) in [6, 6.07) is 4.36. The molecule has 2 heterocycles. The van der Waals surface area contributed by atoms with E-state index in [1.54, 1.807) is 0 Å². The van der Waals surface area contributed by atoms with E-state index in [2.05, 4.69) is 5.32 Å². The molecular formula is C15H19NO3. The highest BCUT2D eigenvalue weighted by atomic mass is 16.5. The van der Waals surface area contributed by atoms with Gasteiger partial charge in [-0.05, 0) is 31.4 Å². The molecule has 0 atom stereocenters. The molecule has 1 fully saturated rings. The molecule has 0 aliphatic carbocycles. The summed E-state index contributed by atoms with van der Waals surface area (Å²) < 4.78 is 11.0. The Labute approximate surface area is 113 Å². The fraction of sp³-hybridized carbons (Fsp3) is 0.533. The van der Waals surface area contributed by atoms with Crippen LogP contribution in [-0.2, 0) is 4.74 Å². The second-order valence-electron chi connectivity index (χ2n) is 5.22. The van der Waals surface area contributed by atoms with E-state index in [9.17, 15) is 4.79 Å². The summed E-state index contributed by atoms with van der Waals surface area (Å²) in [7, 11) is 0. The molecule has 4 heteroatoms. The molecule has 0 saturated carbocycles. The van der Waals surface area contributed by atoms with Gasteiger partial charge in [0.25, 0.3) is 0 Å². The monoisotopic (exact) mass is 261 g/mol. The minimum absolute atomic E-state index is 0.182. The third kappa shape index (κ3) is 2.59. The minimum Gasteiger partial charge on any atom is -0.492 e. The molecular weight excluding hydrogens is 242 g/mol. The summed E-state index contributed by atoms with van der Waals surface area (Å²) in [6.07, 6.45) is 2.53. The lowest BCUT2D eigenvalue weighted by Gasteiger charge is -2.26. The first-order chi connectivity index (χ1) is 9.24. The molecule has 1 N–H and O–H groups in total. The average molecular weight is 261 g/mol. The van der Waals surface area contributed by atoms with E-state index >= 15 is 0 Å². The number of rotatable bonds is 2. The zero-order valence-electron chi connectivity index (χ0n) is 11.2. The van der Waals surface area contributed by atoms with Crippen LogP contribution in [0.3, 0.4) is 0 Å². The van der Waals surface area contributed by atoms with Crippen molar-refractivity contribution in [2.24, 2.45) is 0 Å². The van der Waals surface area contributed by atoms with Crippen LogP contribution in [0.5, 0.6) is 5.75 Å². The topological polar surface area (TPSA) is 47.6 Å². The quantitative estimate of drug-likeness (QED) is 0.888. The predicted molar refractivity (Wildman–Crippen MR) is 73.1 cm³/mol. The number of ether oxygens (including phenoxy) is 2. The van der Waals surface area contributed by atoms with E-state index in [1.165, 1.54) is 0 Å². The maximum atomic E-state index is 11.8. The fourth-order valence-corrected chi connectivity index (χ4v) is 2.63. The Morgan fingerprint density at radius 1 is 1.21 bits per heavy atom. The van der Waals surface area contributed by atoms with Gasteiger partial charge in [0.05, 0.1) is 12.2 Å². The van der Waals surface area contributed by atoms with E-state index in [0.29, 0.717) is 19.1 Å². The highest BCUT2D eigenvalue weighted by Gasteiger charge is 2.21. The highest BCUT2D eigenvalue weighted by Crippen LogP contribution is 2.31. The van der Waals surface area contributed by atoms with Gasteiger partial charge in [-0.3, -0.25) is 4.79 Å². The van der Waals surface area contributed by atoms with Gasteiger partial charge in [0, 0.05) is 37.4 Å². The van der Waals surface area contributed by atoms with Crippen LogP contribution in [0, 0.1) is 6.92 Å². The van der Waals surface area contributed by atoms with Gasteiger partial charge in [0.1, 0.15) is 5.75 Å². The molecule has 0 radical (unpaired) electrons. The van der Waals surface area contributed by atoms with Crippen molar-refractivity contribution < 1.29 is 14.3 Å². The third-order valence-corrected chi connectivity index (χ3v) is 3.79. The molecule has 2 aliphatic rings. The van der Waals surface area contributed by atoms with E-state index in [4.69, 9.17) is 9.47 Å². The van der Waals surface area contributed by atoms with E-state index in [-0.39, 0.29) is 5.78 Å². The number of anilines is 1. The van der Waals surface area contributed by atoms with Crippen LogP contribution >= 0.6 is 0 Å². The van der Waals surface area contributed by atoms with Crippen molar-refractivity contribution in [2.45, 2.75) is 32.2 Å². The Kier molecular flexibility index (Phi) is 3.42. The Balaban J connectivity index is 1.83. The number of hydrogen-bond acceptors (Lipinski definition) is 4. The largest absolute Gasteiger partial charge is 0.492 e. The van der Waals surface area contributed by atoms with Gasteiger partial charge in [0.15, 0.2) is 5.78 Å². The number of carbonyl (C=O) groups excluding carboxylic acids is 1. The van der Waals surface area contributed by atoms with Crippen molar-refractivity contribution in [1.29, 1.82) is 0 Å². The maximum absolute atomic E-state index is 11.8. The third-order valence-electron chi connectivity index (χ3n) is 3.79. The molecule has 0 amide bonds. The molecule has 0 bridgehead atoms. The molecule has 102 valence electrons. The van der Waals surface area contributed by atoms with Gasteiger partial charge in [-0.25, -0.2) is 0 Å². The predicted octanol–water partition coefficient (Wildman–Crippen LogP) is 2.55. The van der Waals surface area contributed by atoms with Crippen molar-refractivity contribution in [3.8, 4) is 5.75 Å². The Hall–Kier alpha value is -1.55. The summed E-state index contributed by atoms with van der Waals surface area (Å²) >= 11 is 0. The SMILES string of the molecule is Cc1cc2c(cc1NC1CCOCC1)OCCC2=O. The van der Waals surface area contributed by atoms with Crippen LogP contribution in [0.4, 0.5) is 5.69 Å². The first kappa shape index (κ1) is 12.5. The maximum Gasteiger partial charge on any atom is 0.170 e. The van der Waals surface area contributed by atoms with Gasteiger partial charge in [-0.1, -0.05) is 0 Å². The fourth-order valence-electron chi connectivity index (χ4n) is 2.63. The second kappa shape index (κ2) is 5.21. The van der Waals surface area contributed by atoms with E-state index in [1.807, 2.05) is 19.1 Å². The Bertz CT molecular complexity index is 492.